The molecule has 29 heavy (non-hydrogen) atoms. The summed E-state index contributed by atoms with van der Waals surface area (Å²) in [6, 6.07) is 11.0. The van der Waals surface area contributed by atoms with Gasteiger partial charge in [0.1, 0.15) is 18.8 Å². The van der Waals surface area contributed by atoms with E-state index in [1.165, 1.54) is 4.90 Å². The quantitative estimate of drug-likeness (QED) is 0.676. The van der Waals surface area contributed by atoms with Crippen LogP contribution in [0.1, 0.15) is 48.6 Å². The number of amides is 1. The number of carbonyl (C=O) groups is 2. The van der Waals surface area contributed by atoms with Gasteiger partial charge in [-0.05, 0) is 54.3 Å². The highest BCUT2D eigenvalue weighted by atomic mass is 35.5. The van der Waals surface area contributed by atoms with Gasteiger partial charge in [-0.2, -0.15) is 0 Å². The number of hydrogen-bond donors (Lipinski definition) is 1. The number of morpholine rings is 1. The van der Waals surface area contributed by atoms with Crippen molar-refractivity contribution >= 4 is 35.1 Å². The Morgan fingerprint density at radius 2 is 1.86 bits per heavy atom. The van der Waals surface area contributed by atoms with Gasteiger partial charge >= 0.3 is 5.97 Å². The summed E-state index contributed by atoms with van der Waals surface area (Å²) in [5.74, 6) is -1.36. The highest BCUT2D eigenvalue weighted by Crippen LogP contribution is 2.43. The number of hydrogen-bond acceptors (Lipinski definition) is 3. The number of rotatable bonds is 6. The molecule has 1 saturated heterocycles. The zero-order chi connectivity index (χ0) is 21.1. The Kier molecular flexibility index (Phi) is 6.83. The first-order valence-electron chi connectivity index (χ1n) is 9.50. The summed E-state index contributed by atoms with van der Waals surface area (Å²) in [4.78, 5) is 26.4. The van der Waals surface area contributed by atoms with Crippen molar-refractivity contribution in [3.8, 4) is 0 Å². The maximum atomic E-state index is 12.9. The zero-order valence-corrected chi connectivity index (χ0v) is 17.8. The molecule has 2 aromatic rings. The molecule has 0 unspecified atom stereocenters. The molecule has 3 rings (SSSR count). The normalized spacial score (nSPS) is 20.6. The van der Waals surface area contributed by atoms with Crippen molar-refractivity contribution in [1.82, 2.24) is 4.90 Å². The van der Waals surface area contributed by atoms with Crippen LogP contribution in [0.3, 0.4) is 0 Å². The second-order valence-corrected chi connectivity index (χ2v) is 8.05. The van der Waals surface area contributed by atoms with Crippen molar-refractivity contribution in [2.24, 2.45) is 0 Å². The standard InChI is InChI=1S/C22H23Cl2NO4/c1-3-4-18(22(27)28)25-19(26)12-29-21(17-10-9-16(24)11-13(17)2)20(25)14-5-7-15(23)8-6-14/h5-11,18,20-21H,3-4,12H2,1-2H3,(H,27,28)/t18-,20-,21+/m0/s1. The van der Waals surface area contributed by atoms with Gasteiger partial charge in [0.25, 0.3) is 0 Å². The molecule has 2 aromatic carbocycles. The van der Waals surface area contributed by atoms with Gasteiger partial charge in [-0.3, -0.25) is 4.79 Å². The summed E-state index contributed by atoms with van der Waals surface area (Å²) < 4.78 is 5.97. The number of aryl methyl sites for hydroxylation is 1. The van der Waals surface area contributed by atoms with Gasteiger partial charge in [0.05, 0.1) is 6.04 Å². The third-order valence-corrected chi connectivity index (χ3v) is 5.68. The second kappa shape index (κ2) is 9.16. The molecular weight excluding hydrogens is 413 g/mol. The van der Waals surface area contributed by atoms with Crippen LogP contribution in [0.25, 0.3) is 0 Å². The summed E-state index contributed by atoms with van der Waals surface area (Å²) in [5.41, 5.74) is 2.55. The van der Waals surface area contributed by atoms with E-state index in [1.54, 1.807) is 18.2 Å². The number of carbonyl (C=O) groups excluding carboxylic acids is 1. The van der Waals surface area contributed by atoms with E-state index in [9.17, 15) is 14.7 Å². The maximum Gasteiger partial charge on any atom is 0.326 e. The highest BCUT2D eigenvalue weighted by Gasteiger charge is 2.44. The van der Waals surface area contributed by atoms with Gasteiger partial charge in [-0.15, -0.1) is 0 Å². The Morgan fingerprint density at radius 1 is 1.21 bits per heavy atom. The Balaban J connectivity index is 2.15. The van der Waals surface area contributed by atoms with Crippen LogP contribution in [0, 0.1) is 6.92 Å². The molecule has 1 aliphatic heterocycles. The van der Waals surface area contributed by atoms with Crippen LogP contribution in [0.4, 0.5) is 0 Å². The molecule has 1 heterocycles. The van der Waals surface area contributed by atoms with Crippen molar-refractivity contribution in [3.63, 3.8) is 0 Å². The number of halogens is 2. The van der Waals surface area contributed by atoms with Crippen LogP contribution >= 0.6 is 23.2 Å². The van der Waals surface area contributed by atoms with Crippen molar-refractivity contribution in [2.45, 2.75) is 44.9 Å². The molecule has 3 atom stereocenters. The molecule has 0 aromatic heterocycles. The summed E-state index contributed by atoms with van der Waals surface area (Å²) in [7, 11) is 0. The van der Waals surface area contributed by atoms with Crippen LogP contribution in [-0.2, 0) is 14.3 Å². The molecule has 1 fully saturated rings. The SMILES string of the molecule is CCC[C@@H](C(=O)O)N1C(=O)CO[C@H](c2ccc(Cl)cc2C)[C@@H]1c1ccc(Cl)cc1. The number of benzene rings is 2. The lowest BCUT2D eigenvalue weighted by molar-refractivity contribution is -0.171. The van der Waals surface area contributed by atoms with Crippen molar-refractivity contribution in [3.05, 3.63) is 69.2 Å². The first-order chi connectivity index (χ1) is 13.8. The van der Waals surface area contributed by atoms with Crippen LogP contribution in [0.2, 0.25) is 10.0 Å². The largest absolute Gasteiger partial charge is 0.480 e. The summed E-state index contributed by atoms with van der Waals surface area (Å²) in [6.45, 7) is 3.65. The molecule has 0 radical (unpaired) electrons. The van der Waals surface area contributed by atoms with E-state index < -0.39 is 24.2 Å². The molecule has 5 nitrogen and oxygen atoms in total. The second-order valence-electron chi connectivity index (χ2n) is 7.17. The van der Waals surface area contributed by atoms with Crippen LogP contribution in [-0.4, -0.2) is 34.5 Å². The number of nitrogens with zero attached hydrogens (tertiary/aromatic N) is 1. The van der Waals surface area contributed by atoms with E-state index in [4.69, 9.17) is 27.9 Å². The lowest BCUT2D eigenvalue weighted by Crippen LogP contribution is -2.53. The zero-order valence-electron chi connectivity index (χ0n) is 16.3. The summed E-state index contributed by atoms with van der Waals surface area (Å²) >= 11 is 12.2. The van der Waals surface area contributed by atoms with Crippen molar-refractivity contribution < 1.29 is 19.4 Å². The lowest BCUT2D eigenvalue weighted by Gasteiger charge is -2.44. The molecule has 0 aliphatic carbocycles. The van der Waals surface area contributed by atoms with Gasteiger partial charge in [0.15, 0.2) is 0 Å². The number of ether oxygens (including phenoxy) is 1. The smallest absolute Gasteiger partial charge is 0.326 e. The maximum absolute atomic E-state index is 12.9. The number of carboxylic acid groups (broad SMARTS) is 1. The van der Waals surface area contributed by atoms with Gasteiger partial charge in [-0.1, -0.05) is 54.7 Å². The average molecular weight is 436 g/mol. The molecule has 1 N–H and O–H groups in total. The number of carboxylic acids is 1. The fraction of sp³-hybridized carbons (Fsp3) is 0.364. The molecule has 7 heteroatoms. The Labute approximate surface area is 180 Å². The molecule has 0 bridgehead atoms. The summed E-state index contributed by atoms with van der Waals surface area (Å²) in [5, 5.41) is 11.0. The fourth-order valence-corrected chi connectivity index (χ4v) is 4.22. The fourth-order valence-electron chi connectivity index (χ4n) is 3.86. The highest BCUT2D eigenvalue weighted by molar-refractivity contribution is 6.30. The lowest BCUT2D eigenvalue weighted by atomic mass is 9.89. The van der Waals surface area contributed by atoms with E-state index in [1.807, 2.05) is 38.1 Å². The van der Waals surface area contributed by atoms with Crippen LogP contribution in [0.15, 0.2) is 42.5 Å². The average Bonchev–Trinajstić information content (AvgIpc) is 2.67. The third kappa shape index (κ3) is 4.58. The first kappa shape index (κ1) is 21.6. The van der Waals surface area contributed by atoms with E-state index in [2.05, 4.69) is 0 Å². The number of aliphatic carboxylic acids is 1. The van der Waals surface area contributed by atoms with Gasteiger partial charge in [-0.25, -0.2) is 4.79 Å². The molecule has 1 aliphatic rings. The van der Waals surface area contributed by atoms with Gasteiger partial charge in [0, 0.05) is 10.0 Å². The van der Waals surface area contributed by atoms with Gasteiger partial charge in [0.2, 0.25) is 5.91 Å². The van der Waals surface area contributed by atoms with Crippen molar-refractivity contribution in [2.75, 3.05) is 6.61 Å². The van der Waals surface area contributed by atoms with Gasteiger partial charge < -0.3 is 14.7 Å². The van der Waals surface area contributed by atoms with E-state index in [-0.39, 0.29) is 12.5 Å². The van der Waals surface area contributed by atoms with Crippen LogP contribution < -0.4 is 0 Å². The molecule has 154 valence electrons. The predicted molar refractivity (Wildman–Crippen MR) is 112 cm³/mol. The minimum absolute atomic E-state index is 0.176. The molecule has 0 spiro atoms. The van der Waals surface area contributed by atoms with Crippen LogP contribution in [0.5, 0.6) is 0 Å². The molecule has 1 amide bonds. The minimum Gasteiger partial charge on any atom is -0.480 e. The van der Waals surface area contributed by atoms with E-state index >= 15 is 0 Å². The Hall–Kier alpha value is -2.08. The Bertz CT molecular complexity index is 900. The topological polar surface area (TPSA) is 66.8 Å². The minimum atomic E-state index is -1.02. The van der Waals surface area contributed by atoms with E-state index in [0.717, 1.165) is 16.7 Å². The third-order valence-electron chi connectivity index (χ3n) is 5.19. The molecular formula is C22H23Cl2NO4. The monoisotopic (exact) mass is 435 g/mol. The summed E-state index contributed by atoms with van der Waals surface area (Å²) in [6.07, 6.45) is 0.474. The first-order valence-corrected chi connectivity index (χ1v) is 10.3. The Morgan fingerprint density at radius 3 is 2.45 bits per heavy atom. The molecule has 0 saturated carbocycles. The van der Waals surface area contributed by atoms with E-state index in [0.29, 0.717) is 22.9 Å². The predicted octanol–water partition coefficient (Wildman–Crippen LogP) is 5.20. The van der Waals surface area contributed by atoms with Crippen molar-refractivity contribution in [1.29, 1.82) is 0 Å².